The smallest absolute Gasteiger partial charge is 0.312 e. The summed E-state index contributed by atoms with van der Waals surface area (Å²) < 4.78 is 6.31. The summed E-state index contributed by atoms with van der Waals surface area (Å²) in [6.45, 7) is 3.19. The number of alkyl halides is 1. The van der Waals surface area contributed by atoms with Crippen LogP contribution < -0.4 is 0 Å². The molecule has 2 saturated heterocycles. The van der Waals surface area contributed by atoms with Crippen LogP contribution in [0.2, 0.25) is 0 Å². The lowest BCUT2D eigenvalue weighted by Crippen LogP contribution is -2.56. The number of halogens is 1. The van der Waals surface area contributed by atoms with Crippen molar-refractivity contribution in [3.8, 4) is 0 Å². The van der Waals surface area contributed by atoms with Gasteiger partial charge in [-0.2, -0.15) is 0 Å². The summed E-state index contributed by atoms with van der Waals surface area (Å²) in [6.07, 6.45) is 13.6. The Hall–Kier alpha value is -0.0900. The minimum Gasteiger partial charge on any atom is -0.465 e. The van der Waals surface area contributed by atoms with Crippen molar-refractivity contribution in [2.75, 3.05) is 19.7 Å². The molecule has 4 heteroatoms. The highest BCUT2D eigenvalue weighted by Crippen LogP contribution is 2.64. The highest BCUT2D eigenvalue weighted by molar-refractivity contribution is 9.10. The Kier molecular flexibility index (Phi) is 4.24. The van der Waals surface area contributed by atoms with Crippen molar-refractivity contribution >= 4 is 21.9 Å². The molecule has 0 N–H and O–H groups in total. The predicted octanol–water partition coefficient (Wildman–Crippen LogP) is 4.53. The second-order valence-electron chi connectivity index (χ2n) is 9.99. The second kappa shape index (κ2) is 6.22. The largest absolute Gasteiger partial charge is 0.465 e. The zero-order chi connectivity index (χ0) is 17.1. The SMILES string of the molecule is O=C(OC[C@@H]1CCCN2CCCC[C@H]12)C12CC3C[C@@H](CC(Br)(C3)C1)C2. The first-order valence-corrected chi connectivity index (χ1v) is 11.4. The number of piperidine rings is 2. The number of fused-ring (bicyclic) bond motifs is 1. The van der Waals surface area contributed by atoms with Crippen molar-refractivity contribution in [1.82, 2.24) is 4.90 Å². The summed E-state index contributed by atoms with van der Waals surface area (Å²) in [4.78, 5) is 15.9. The zero-order valence-corrected chi connectivity index (χ0v) is 16.9. The summed E-state index contributed by atoms with van der Waals surface area (Å²) in [7, 11) is 0. The van der Waals surface area contributed by atoms with Crippen molar-refractivity contribution < 1.29 is 9.53 Å². The molecule has 0 aromatic carbocycles. The van der Waals surface area contributed by atoms with E-state index in [9.17, 15) is 4.79 Å². The van der Waals surface area contributed by atoms with Gasteiger partial charge in [-0.25, -0.2) is 0 Å². The molecule has 2 heterocycles. The summed E-state index contributed by atoms with van der Waals surface area (Å²) in [5, 5.41) is 0. The average Bonchev–Trinajstić information content (AvgIpc) is 2.57. The first-order valence-electron chi connectivity index (χ1n) is 10.7. The number of carbonyl (C=O) groups is 1. The number of nitrogens with zero attached hydrogens (tertiary/aromatic N) is 1. The standard InChI is InChI=1S/C21H32BrNO2/c22-21-11-15-8-16(12-21)10-20(9-15,14-21)19(24)25-13-17-4-3-7-23-6-2-1-5-18(17)23/h15-18H,1-14H2/t15-,16?,17+,18-,20?,21?/m1/s1. The lowest BCUT2D eigenvalue weighted by atomic mass is 9.49. The fourth-order valence-electron chi connectivity index (χ4n) is 7.50. The third-order valence-electron chi connectivity index (χ3n) is 8.08. The molecule has 6 aliphatic rings. The van der Waals surface area contributed by atoms with Gasteiger partial charge in [0.05, 0.1) is 12.0 Å². The number of hydrogen-bond acceptors (Lipinski definition) is 3. The van der Waals surface area contributed by atoms with Crippen LogP contribution in [-0.4, -0.2) is 40.9 Å². The van der Waals surface area contributed by atoms with E-state index in [0.717, 1.165) is 31.1 Å². The van der Waals surface area contributed by atoms with Gasteiger partial charge in [0.25, 0.3) is 0 Å². The minimum absolute atomic E-state index is 0.151. The van der Waals surface area contributed by atoms with Crippen LogP contribution in [0.4, 0.5) is 0 Å². The van der Waals surface area contributed by atoms with Crippen molar-refractivity contribution in [1.29, 1.82) is 0 Å². The molecule has 25 heavy (non-hydrogen) atoms. The highest BCUT2D eigenvalue weighted by Gasteiger charge is 2.60. The van der Waals surface area contributed by atoms with Gasteiger partial charge in [0.2, 0.25) is 0 Å². The molecule has 3 nitrogen and oxygen atoms in total. The van der Waals surface area contributed by atoms with E-state index in [-0.39, 0.29) is 15.7 Å². The van der Waals surface area contributed by atoms with E-state index in [1.54, 1.807) is 0 Å². The molecular formula is C21H32BrNO2. The van der Waals surface area contributed by atoms with Gasteiger partial charge in [0, 0.05) is 16.3 Å². The molecule has 0 aromatic heterocycles. The highest BCUT2D eigenvalue weighted by atomic mass is 79.9. The molecule has 4 bridgehead atoms. The van der Waals surface area contributed by atoms with Gasteiger partial charge in [-0.3, -0.25) is 9.69 Å². The molecule has 6 fully saturated rings. The predicted molar refractivity (Wildman–Crippen MR) is 102 cm³/mol. The maximum absolute atomic E-state index is 13.2. The lowest BCUT2D eigenvalue weighted by Gasteiger charge is -2.58. The van der Waals surface area contributed by atoms with Gasteiger partial charge in [0.15, 0.2) is 0 Å². The Morgan fingerprint density at radius 3 is 2.56 bits per heavy atom. The lowest BCUT2D eigenvalue weighted by molar-refractivity contribution is -0.172. The third-order valence-corrected chi connectivity index (χ3v) is 9.01. The molecule has 140 valence electrons. The number of esters is 1. The van der Waals surface area contributed by atoms with Crippen molar-refractivity contribution in [3.63, 3.8) is 0 Å². The van der Waals surface area contributed by atoms with Crippen molar-refractivity contribution in [3.05, 3.63) is 0 Å². The normalized spacial score (nSPS) is 49.0. The maximum atomic E-state index is 13.2. The van der Waals surface area contributed by atoms with Gasteiger partial charge in [0.1, 0.15) is 0 Å². The summed E-state index contributed by atoms with van der Waals surface area (Å²) in [5.41, 5.74) is -0.158. The zero-order valence-electron chi connectivity index (χ0n) is 15.4. The Balaban J connectivity index is 1.25. The molecular weight excluding hydrogens is 378 g/mol. The summed E-state index contributed by atoms with van der Waals surface area (Å²) in [5.74, 6) is 2.22. The van der Waals surface area contributed by atoms with E-state index < -0.39 is 0 Å². The number of hydrogen-bond donors (Lipinski definition) is 0. The van der Waals surface area contributed by atoms with Gasteiger partial charge in [-0.05, 0) is 89.1 Å². The number of carbonyl (C=O) groups excluding carboxylic acids is 1. The summed E-state index contributed by atoms with van der Waals surface area (Å²) in [6, 6.07) is 0.675. The van der Waals surface area contributed by atoms with Gasteiger partial charge < -0.3 is 4.74 Å². The maximum Gasteiger partial charge on any atom is 0.312 e. The molecule has 0 spiro atoms. The van der Waals surface area contributed by atoms with Crippen LogP contribution in [-0.2, 0) is 9.53 Å². The van der Waals surface area contributed by atoms with Crippen LogP contribution >= 0.6 is 15.9 Å². The third kappa shape index (κ3) is 2.99. The van der Waals surface area contributed by atoms with E-state index in [0.29, 0.717) is 18.6 Å². The fourth-order valence-corrected chi connectivity index (χ4v) is 8.95. The molecule has 0 amide bonds. The Labute approximate surface area is 160 Å². The Morgan fingerprint density at radius 2 is 1.80 bits per heavy atom. The van der Waals surface area contributed by atoms with Crippen LogP contribution in [0, 0.1) is 23.2 Å². The fraction of sp³-hybridized carbons (Fsp3) is 0.952. The monoisotopic (exact) mass is 409 g/mol. The average molecular weight is 410 g/mol. The van der Waals surface area contributed by atoms with Gasteiger partial charge in [-0.15, -0.1) is 0 Å². The molecule has 4 aliphatic carbocycles. The quantitative estimate of drug-likeness (QED) is 0.506. The van der Waals surface area contributed by atoms with Gasteiger partial charge in [-0.1, -0.05) is 22.4 Å². The van der Waals surface area contributed by atoms with E-state index in [1.165, 1.54) is 64.5 Å². The molecule has 0 radical (unpaired) electrons. The van der Waals surface area contributed by atoms with E-state index in [2.05, 4.69) is 20.8 Å². The van der Waals surface area contributed by atoms with Crippen LogP contribution in [0.15, 0.2) is 0 Å². The molecule has 3 unspecified atom stereocenters. The summed E-state index contributed by atoms with van der Waals surface area (Å²) >= 11 is 4.02. The molecule has 4 saturated carbocycles. The van der Waals surface area contributed by atoms with E-state index >= 15 is 0 Å². The van der Waals surface area contributed by atoms with Gasteiger partial charge >= 0.3 is 5.97 Å². The van der Waals surface area contributed by atoms with E-state index in [4.69, 9.17) is 4.74 Å². The number of rotatable bonds is 3. The van der Waals surface area contributed by atoms with Crippen molar-refractivity contribution in [2.24, 2.45) is 23.2 Å². The molecule has 6 rings (SSSR count). The second-order valence-corrected chi connectivity index (χ2v) is 11.7. The molecule has 0 aromatic rings. The Bertz CT molecular complexity index is 534. The first kappa shape index (κ1) is 17.0. The Morgan fingerprint density at radius 1 is 1.04 bits per heavy atom. The minimum atomic E-state index is -0.158. The van der Waals surface area contributed by atoms with E-state index in [1.807, 2.05) is 0 Å². The van der Waals surface area contributed by atoms with Crippen LogP contribution in [0.25, 0.3) is 0 Å². The topological polar surface area (TPSA) is 29.5 Å². The van der Waals surface area contributed by atoms with Crippen LogP contribution in [0.3, 0.4) is 0 Å². The van der Waals surface area contributed by atoms with Crippen molar-refractivity contribution in [2.45, 2.75) is 81.0 Å². The van der Waals surface area contributed by atoms with Crippen LogP contribution in [0.1, 0.15) is 70.6 Å². The van der Waals surface area contributed by atoms with Crippen LogP contribution in [0.5, 0.6) is 0 Å². The molecule has 2 aliphatic heterocycles. The number of ether oxygens (including phenoxy) is 1. The first-order chi connectivity index (χ1) is 12.1. The molecule has 6 atom stereocenters.